The number of anilines is 1. The number of aromatic nitrogens is 3. The predicted molar refractivity (Wildman–Crippen MR) is 182 cm³/mol. The summed E-state index contributed by atoms with van der Waals surface area (Å²) in [7, 11) is 0. The highest BCUT2D eigenvalue weighted by Crippen LogP contribution is 2.39. The van der Waals surface area contributed by atoms with E-state index >= 15 is 4.39 Å². The number of imide groups is 1. The molecule has 0 bridgehead atoms. The molecule has 1 saturated heterocycles. The second-order valence-electron chi connectivity index (χ2n) is 10.9. The number of likely N-dealkylation sites (tertiary alicyclic amines) is 1. The van der Waals surface area contributed by atoms with Crippen molar-refractivity contribution in [1.82, 2.24) is 24.3 Å². The first kappa shape index (κ1) is 31.8. The van der Waals surface area contributed by atoms with Crippen molar-refractivity contribution in [3.63, 3.8) is 0 Å². The van der Waals surface area contributed by atoms with E-state index in [0.717, 1.165) is 47.5 Å². The highest BCUT2D eigenvalue weighted by molar-refractivity contribution is 7.80. The number of nitrogens with zero attached hydrogens (tertiary/aromatic N) is 5. The van der Waals surface area contributed by atoms with Gasteiger partial charge in [0.2, 0.25) is 5.91 Å². The van der Waals surface area contributed by atoms with E-state index in [1.165, 1.54) is 36.3 Å². The van der Waals surface area contributed by atoms with E-state index in [1.54, 1.807) is 36.5 Å². The van der Waals surface area contributed by atoms with Gasteiger partial charge < -0.3 is 24.6 Å². The predicted octanol–water partition coefficient (Wildman–Crippen LogP) is 6.61. The number of benzene rings is 2. The van der Waals surface area contributed by atoms with E-state index in [9.17, 15) is 14.7 Å². The number of hydrogen-bond acceptors (Lipinski definition) is 8. The lowest BCUT2D eigenvalue weighted by atomic mass is 10.1. The van der Waals surface area contributed by atoms with Crippen molar-refractivity contribution in [3.05, 3.63) is 90.3 Å². The molecule has 13 heteroatoms. The minimum Gasteiger partial charge on any atom is -0.464 e. The van der Waals surface area contributed by atoms with Crippen LogP contribution >= 0.6 is 23.6 Å². The van der Waals surface area contributed by atoms with E-state index in [0.29, 0.717) is 27.3 Å². The van der Waals surface area contributed by atoms with Crippen LogP contribution in [0.5, 0.6) is 11.5 Å². The Morgan fingerprint density at radius 1 is 1.09 bits per heavy atom. The molecule has 2 aromatic carbocycles. The molecule has 2 N–H and O–H groups in total. The number of pyridine rings is 1. The van der Waals surface area contributed by atoms with Crippen molar-refractivity contribution in [2.75, 3.05) is 25.0 Å². The van der Waals surface area contributed by atoms with Crippen molar-refractivity contribution in [2.45, 2.75) is 25.8 Å². The topological polar surface area (TPSA) is 113 Å². The van der Waals surface area contributed by atoms with Crippen LogP contribution in [-0.4, -0.2) is 66.2 Å². The summed E-state index contributed by atoms with van der Waals surface area (Å²) in [5, 5.41) is 11.9. The summed E-state index contributed by atoms with van der Waals surface area (Å²) >= 11 is 6.66. The first-order valence-corrected chi connectivity index (χ1v) is 16.0. The Balaban J connectivity index is 1.12. The van der Waals surface area contributed by atoms with Crippen molar-refractivity contribution in [1.29, 1.82) is 0 Å². The second-order valence-corrected chi connectivity index (χ2v) is 12.3. The van der Waals surface area contributed by atoms with Gasteiger partial charge in [0.25, 0.3) is 0 Å². The van der Waals surface area contributed by atoms with Crippen molar-refractivity contribution < 1.29 is 23.8 Å². The molecule has 0 atom stereocenters. The summed E-state index contributed by atoms with van der Waals surface area (Å²) < 4.78 is 24.1. The second kappa shape index (κ2) is 14.1. The SMILES string of the molecule is C#Cc1ccc(CC(=O)N(C(=O)O)C(=S)Nc2ccc(Oc3ccnc4cc(-c5cn(CCN6CCCC6)cn5)sc34)c(F)c2)cc1. The Morgan fingerprint density at radius 2 is 1.87 bits per heavy atom. The molecular formula is C34H29FN6O4S2. The number of thiocarbonyl (C=S) groups is 1. The van der Waals surface area contributed by atoms with Gasteiger partial charge >= 0.3 is 6.09 Å². The third-order valence-corrected chi connectivity index (χ3v) is 9.10. The number of halogens is 1. The van der Waals surface area contributed by atoms with Crippen LogP contribution in [0.1, 0.15) is 24.0 Å². The van der Waals surface area contributed by atoms with Crippen LogP contribution in [0, 0.1) is 18.2 Å². The zero-order chi connectivity index (χ0) is 32.9. The van der Waals surface area contributed by atoms with Crippen LogP contribution in [0.2, 0.25) is 0 Å². The molecule has 47 heavy (non-hydrogen) atoms. The van der Waals surface area contributed by atoms with Crippen molar-refractivity contribution in [3.8, 4) is 34.4 Å². The number of hydrogen-bond donors (Lipinski definition) is 2. The van der Waals surface area contributed by atoms with Crippen LogP contribution < -0.4 is 10.1 Å². The lowest BCUT2D eigenvalue weighted by Gasteiger charge is -2.19. The monoisotopic (exact) mass is 668 g/mol. The van der Waals surface area contributed by atoms with Crippen LogP contribution in [0.3, 0.4) is 0 Å². The van der Waals surface area contributed by atoms with Gasteiger partial charge in [-0.25, -0.2) is 14.2 Å². The number of carbonyl (C=O) groups excluding carboxylic acids is 1. The Bertz CT molecular complexity index is 2000. The summed E-state index contributed by atoms with van der Waals surface area (Å²) in [5.74, 6) is 1.33. The molecule has 1 aliphatic rings. The third kappa shape index (κ3) is 7.47. The molecule has 0 spiro atoms. The van der Waals surface area contributed by atoms with E-state index in [1.807, 2.05) is 18.6 Å². The molecule has 5 aromatic rings. The molecule has 0 aliphatic carbocycles. The molecule has 0 unspecified atom stereocenters. The molecule has 238 valence electrons. The molecule has 1 fully saturated rings. The number of imidazole rings is 1. The zero-order valence-electron chi connectivity index (χ0n) is 25.1. The van der Waals surface area contributed by atoms with Crippen LogP contribution in [0.25, 0.3) is 20.8 Å². The van der Waals surface area contributed by atoms with Crippen molar-refractivity contribution in [2.24, 2.45) is 0 Å². The van der Waals surface area contributed by atoms with Gasteiger partial charge in [-0.15, -0.1) is 17.8 Å². The van der Waals surface area contributed by atoms with Crippen LogP contribution in [0.4, 0.5) is 14.9 Å². The molecular weight excluding hydrogens is 640 g/mol. The van der Waals surface area contributed by atoms with Gasteiger partial charge in [0.1, 0.15) is 5.75 Å². The van der Waals surface area contributed by atoms with Crippen LogP contribution in [-0.2, 0) is 17.8 Å². The van der Waals surface area contributed by atoms with Gasteiger partial charge in [0.05, 0.1) is 33.5 Å². The lowest BCUT2D eigenvalue weighted by molar-refractivity contribution is -0.125. The smallest absolute Gasteiger partial charge is 0.420 e. The Labute approximate surface area is 279 Å². The molecule has 10 nitrogen and oxygen atoms in total. The lowest BCUT2D eigenvalue weighted by Crippen LogP contribution is -2.44. The summed E-state index contributed by atoms with van der Waals surface area (Å²) in [6.45, 7) is 4.15. The van der Waals surface area contributed by atoms with Crippen molar-refractivity contribution >= 4 is 56.6 Å². The van der Waals surface area contributed by atoms with Gasteiger partial charge in [-0.2, -0.15) is 4.90 Å². The van der Waals surface area contributed by atoms with Gasteiger partial charge in [-0.1, -0.05) is 18.1 Å². The highest BCUT2D eigenvalue weighted by atomic mass is 32.1. The fourth-order valence-corrected chi connectivity index (χ4v) is 6.56. The molecule has 6 rings (SSSR count). The quantitative estimate of drug-likeness (QED) is 0.132. The van der Waals surface area contributed by atoms with Gasteiger partial charge in [-0.05, 0) is 74.0 Å². The highest BCUT2D eigenvalue weighted by Gasteiger charge is 2.26. The number of fused-ring (bicyclic) bond motifs is 1. The minimum absolute atomic E-state index is 0.0586. The number of terminal acetylenes is 1. The van der Waals surface area contributed by atoms with E-state index in [2.05, 4.69) is 30.7 Å². The average Bonchev–Trinajstić information content (AvgIpc) is 3.83. The molecule has 1 aliphatic heterocycles. The number of amides is 2. The minimum atomic E-state index is -1.57. The van der Waals surface area contributed by atoms with E-state index in [4.69, 9.17) is 23.4 Å². The fraction of sp³-hybridized carbons (Fsp3) is 0.206. The average molecular weight is 669 g/mol. The van der Waals surface area contributed by atoms with Gasteiger partial charge in [0, 0.05) is 48.9 Å². The molecule has 4 heterocycles. The third-order valence-electron chi connectivity index (χ3n) is 7.66. The maximum atomic E-state index is 15.3. The number of carboxylic acid groups (broad SMARTS) is 1. The zero-order valence-corrected chi connectivity index (χ0v) is 26.7. The van der Waals surface area contributed by atoms with Crippen LogP contribution in [0.15, 0.2) is 73.3 Å². The molecule has 0 radical (unpaired) electrons. The first-order valence-electron chi connectivity index (χ1n) is 14.8. The largest absolute Gasteiger partial charge is 0.464 e. The van der Waals surface area contributed by atoms with Gasteiger partial charge in [0.15, 0.2) is 16.7 Å². The maximum Gasteiger partial charge on any atom is 0.420 e. The molecule has 2 amide bonds. The number of carbonyl (C=O) groups is 2. The Kier molecular flexibility index (Phi) is 9.53. The summed E-state index contributed by atoms with van der Waals surface area (Å²) in [5.41, 5.74) is 2.84. The number of ether oxygens (including phenoxy) is 1. The molecule has 3 aromatic heterocycles. The van der Waals surface area contributed by atoms with Gasteiger partial charge in [-0.3, -0.25) is 9.78 Å². The standard InChI is InChI=1S/C34H29FN6O4S2/c1-2-22-5-7-23(8-6-22)17-31(42)41(34(43)44)33(46)38-24-9-10-28(25(35)18-24)45-29-11-12-36-26-19-30(47-32(26)29)27-20-40(21-37-27)16-15-39-13-3-4-14-39/h1,5-12,18-21H,3-4,13-17H2,(H,38,46)(H,43,44). The number of nitrogens with one attached hydrogen (secondary N) is 1. The first-order chi connectivity index (χ1) is 22.8. The summed E-state index contributed by atoms with van der Waals surface area (Å²) in [6, 6.07) is 14.1. The van der Waals surface area contributed by atoms with E-state index < -0.39 is 22.9 Å². The Morgan fingerprint density at radius 3 is 2.60 bits per heavy atom. The number of rotatable bonds is 9. The van der Waals surface area contributed by atoms with E-state index in [-0.39, 0.29) is 17.9 Å². The summed E-state index contributed by atoms with van der Waals surface area (Å²) in [4.78, 5) is 37.6. The normalized spacial score (nSPS) is 12.9. The maximum absolute atomic E-state index is 15.3. The Hall–Kier alpha value is -5.16. The fourth-order valence-electron chi connectivity index (χ4n) is 5.23. The number of thiophene rings is 1. The molecule has 0 saturated carbocycles. The summed E-state index contributed by atoms with van der Waals surface area (Å²) in [6.07, 6.45) is 11.5.